The minimum atomic E-state index is -3.15. The number of aliphatic hydroxyl groups excluding tert-OH is 1. The Morgan fingerprint density at radius 2 is 1.69 bits per heavy atom. The van der Waals surface area contributed by atoms with Crippen LogP contribution in [-0.4, -0.2) is 63.0 Å². The van der Waals surface area contributed by atoms with Crippen molar-refractivity contribution < 1.29 is 23.4 Å². The number of alkyl carbamates (subject to hydrolysis) is 1. The summed E-state index contributed by atoms with van der Waals surface area (Å²) in [6.07, 6.45) is 5.17. The molecule has 5 aromatic rings. The first-order chi connectivity index (χ1) is 26.0. The number of amides is 1. The normalized spacial score (nSPS) is 25.7. The van der Waals surface area contributed by atoms with Crippen LogP contribution in [0.4, 0.5) is 13.6 Å². The van der Waals surface area contributed by atoms with E-state index < -0.39 is 24.3 Å². The molecule has 5 N–H and O–H groups in total. The molecule has 3 aliphatic carbocycles. The first-order valence-electron chi connectivity index (χ1n) is 19.4. The number of methoxy groups -OCH3 is 1. The van der Waals surface area contributed by atoms with Crippen LogP contribution in [0.5, 0.6) is 0 Å². The number of aromatic amines is 2. The number of aromatic nitrogens is 3. The number of ether oxygens (including phenoxy) is 1. The monoisotopic (exact) mass is 732 g/mol. The molecule has 280 valence electrons. The van der Waals surface area contributed by atoms with Gasteiger partial charge in [-0.2, -0.15) is 8.78 Å². The molecule has 0 radical (unpaired) electrons. The number of hydrogen-bond acceptors (Lipinski definition) is 6. The fourth-order valence-electron chi connectivity index (χ4n) is 10.1. The van der Waals surface area contributed by atoms with E-state index in [2.05, 4.69) is 31.6 Å². The second kappa shape index (κ2) is 12.2. The molecule has 2 saturated heterocycles. The van der Waals surface area contributed by atoms with Gasteiger partial charge in [0.25, 0.3) is 5.92 Å². The average Bonchev–Trinajstić information content (AvgIpc) is 3.83. The summed E-state index contributed by atoms with van der Waals surface area (Å²) in [6.45, 7) is 4.99. The molecule has 6 atom stereocenters. The number of H-pyrrole nitrogens is 2. The van der Waals surface area contributed by atoms with Gasteiger partial charge in [0.15, 0.2) is 0 Å². The Kier molecular flexibility index (Phi) is 7.68. The molecule has 54 heavy (non-hydrogen) atoms. The van der Waals surface area contributed by atoms with Crippen LogP contribution < -0.4 is 10.6 Å². The van der Waals surface area contributed by atoms with Crippen LogP contribution in [0.15, 0.2) is 66.7 Å². The molecular formula is C43H46F2N6O3. The third kappa shape index (κ3) is 5.33. The van der Waals surface area contributed by atoms with Crippen molar-refractivity contribution in [3.8, 4) is 33.5 Å². The smallest absolute Gasteiger partial charge is 0.407 e. The van der Waals surface area contributed by atoms with Gasteiger partial charge in [-0.1, -0.05) is 44.2 Å². The minimum Gasteiger partial charge on any atom is -0.453 e. The lowest BCUT2D eigenvalue weighted by molar-refractivity contribution is -0.0784. The number of piperidine rings is 1. The van der Waals surface area contributed by atoms with Gasteiger partial charge >= 0.3 is 6.09 Å². The molecule has 11 heteroatoms. The van der Waals surface area contributed by atoms with E-state index in [0.717, 1.165) is 71.6 Å². The molecule has 4 fully saturated rings. The Hall–Kier alpha value is -4.58. The van der Waals surface area contributed by atoms with E-state index in [1.165, 1.54) is 20.0 Å². The number of alkyl halides is 2. The number of aliphatic hydroxyl groups is 1. The Labute approximate surface area is 312 Å². The van der Waals surface area contributed by atoms with Gasteiger partial charge in [0, 0.05) is 41.1 Å². The molecule has 2 saturated carbocycles. The maximum Gasteiger partial charge on any atom is 0.407 e. The lowest BCUT2D eigenvalue weighted by Gasteiger charge is -2.41. The highest BCUT2D eigenvalue weighted by Gasteiger charge is 2.52. The third-order valence-electron chi connectivity index (χ3n) is 13.3. The lowest BCUT2D eigenvalue weighted by Crippen LogP contribution is -2.56. The van der Waals surface area contributed by atoms with Gasteiger partial charge in [0.2, 0.25) is 0 Å². The molecular weight excluding hydrogens is 687 g/mol. The Morgan fingerprint density at radius 1 is 0.963 bits per heavy atom. The number of benzene rings is 3. The number of rotatable bonds is 8. The van der Waals surface area contributed by atoms with Crippen LogP contribution >= 0.6 is 0 Å². The molecule has 2 aromatic heterocycles. The fraction of sp³-hybridized carbons (Fsp3) is 0.442. The molecule has 3 aromatic carbocycles. The third-order valence-corrected chi connectivity index (χ3v) is 13.3. The number of imidazole rings is 1. The van der Waals surface area contributed by atoms with E-state index >= 15 is 8.78 Å². The second-order valence-electron chi connectivity index (χ2n) is 16.9. The zero-order valence-corrected chi connectivity index (χ0v) is 30.8. The highest BCUT2D eigenvalue weighted by molar-refractivity contribution is 5.87. The molecule has 2 aliphatic heterocycles. The van der Waals surface area contributed by atoms with Crippen molar-refractivity contribution in [1.29, 1.82) is 0 Å². The number of hydrogen-bond donors (Lipinski definition) is 5. The number of nitrogens with zero attached hydrogens (tertiary/aromatic N) is 2. The topological polar surface area (TPSA) is 118 Å². The van der Waals surface area contributed by atoms with Gasteiger partial charge in [0.1, 0.15) is 12.1 Å². The summed E-state index contributed by atoms with van der Waals surface area (Å²) in [5.41, 5.74) is 7.47. The standard InChI is InChI=1S/C43H46F2N6O3/c1-22(2)37(50-41(53)54-3)40(52)51-27-8-4-26(16-27)38(51)39-48-33-11-7-24(19-35(33)49-39)23-5-9-28-29-10-6-25(18-31(29)43(44,45)30(28)17-23)32-12-13-34(47-32)36-20-42(14-15-42)21-46-36/h5-7,9-13,17-19,22,26-27,36-38,40,46-47,52H,4,8,14-16,20-21H2,1-3H3,(H,48,49)(H,50,53)/t26-,27+,36-,37-,38-,40?/m0/s1. The maximum atomic E-state index is 16.4. The molecule has 9 nitrogen and oxygen atoms in total. The maximum absolute atomic E-state index is 16.4. The van der Waals surface area contributed by atoms with Gasteiger partial charge in [0.05, 0.1) is 30.2 Å². The Balaban J connectivity index is 0.920. The van der Waals surface area contributed by atoms with Gasteiger partial charge in [-0.3, -0.25) is 4.90 Å². The van der Waals surface area contributed by atoms with Crippen molar-refractivity contribution in [3.63, 3.8) is 0 Å². The fourth-order valence-corrected chi connectivity index (χ4v) is 10.1. The van der Waals surface area contributed by atoms with Crippen LogP contribution in [0.3, 0.4) is 0 Å². The summed E-state index contributed by atoms with van der Waals surface area (Å²) >= 11 is 0. The number of fused-ring (bicyclic) bond motifs is 6. The summed E-state index contributed by atoms with van der Waals surface area (Å²) in [7, 11) is 1.32. The van der Waals surface area contributed by atoms with E-state index in [0.29, 0.717) is 28.0 Å². The van der Waals surface area contributed by atoms with Gasteiger partial charge in [-0.05, 0) is 120 Å². The summed E-state index contributed by atoms with van der Waals surface area (Å²) in [4.78, 5) is 26.3. The zero-order chi connectivity index (χ0) is 37.1. The van der Waals surface area contributed by atoms with E-state index in [9.17, 15) is 9.90 Å². The van der Waals surface area contributed by atoms with Gasteiger partial charge < -0.3 is 30.4 Å². The molecule has 1 spiro atoms. The number of likely N-dealkylation sites (tertiary alicyclic amines) is 1. The largest absolute Gasteiger partial charge is 0.453 e. The van der Waals surface area contributed by atoms with Crippen LogP contribution in [0.1, 0.15) is 87.1 Å². The Morgan fingerprint density at radius 3 is 2.41 bits per heavy atom. The van der Waals surface area contributed by atoms with Crippen molar-refractivity contribution in [3.05, 3.63) is 89.4 Å². The highest BCUT2D eigenvalue weighted by atomic mass is 19.3. The Bertz CT molecular complexity index is 2290. The van der Waals surface area contributed by atoms with Gasteiger partial charge in [-0.25, -0.2) is 9.78 Å². The van der Waals surface area contributed by atoms with Crippen molar-refractivity contribution in [2.24, 2.45) is 17.3 Å². The number of halogens is 2. The summed E-state index contributed by atoms with van der Waals surface area (Å²) in [5.74, 6) is -2.10. The summed E-state index contributed by atoms with van der Waals surface area (Å²) in [6, 6.07) is 20.5. The summed E-state index contributed by atoms with van der Waals surface area (Å²) in [5, 5.41) is 18.2. The van der Waals surface area contributed by atoms with Crippen molar-refractivity contribution in [2.45, 2.75) is 88.7 Å². The zero-order valence-electron chi connectivity index (χ0n) is 30.8. The van der Waals surface area contributed by atoms with Crippen LogP contribution in [0.25, 0.3) is 44.5 Å². The quantitative estimate of drug-likeness (QED) is 0.109. The molecule has 1 unspecified atom stereocenters. The molecule has 5 aliphatic rings. The highest BCUT2D eigenvalue weighted by Crippen LogP contribution is 2.56. The SMILES string of the molecule is COC(=O)N[C@@H](C(C)C)C(O)N1[C@@H]2CC[C@@H](C2)[C@H]1c1nc2ccc(-c3ccc4c(c3)C(F)(F)c3cc(-c5ccc([C@@H]6CC7(CC7)CN6)[nH]5)ccc3-4)cc2[nH]1. The predicted octanol–water partition coefficient (Wildman–Crippen LogP) is 8.38. The lowest BCUT2D eigenvalue weighted by atomic mass is 9.95. The van der Waals surface area contributed by atoms with Crippen LogP contribution in [-0.2, 0) is 10.7 Å². The van der Waals surface area contributed by atoms with E-state index in [4.69, 9.17) is 9.72 Å². The predicted molar refractivity (Wildman–Crippen MR) is 203 cm³/mol. The van der Waals surface area contributed by atoms with Crippen LogP contribution in [0.2, 0.25) is 0 Å². The van der Waals surface area contributed by atoms with Crippen molar-refractivity contribution in [1.82, 2.24) is 30.5 Å². The molecule has 1 amide bonds. The van der Waals surface area contributed by atoms with Crippen molar-refractivity contribution >= 4 is 17.1 Å². The molecule has 4 heterocycles. The number of carbonyl (C=O) groups is 1. The number of carbonyl (C=O) groups excluding carboxylic acids is 1. The second-order valence-corrected chi connectivity index (χ2v) is 16.9. The van der Waals surface area contributed by atoms with Crippen molar-refractivity contribution in [2.75, 3.05) is 13.7 Å². The first kappa shape index (κ1) is 33.9. The molecule has 2 bridgehead atoms. The minimum absolute atomic E-state index is 0.0153. The van der Waals surface area contributed by atoms with E-state index in [1.807, 2.05) is 62.4 Å². The summed E-state index contributed by atoms with van der Waals surface area (Å²) < 4.78 is 37.6. The average molecular weight is 733 g/mol. The van der Waals surface area contributed by atoms with E-state index in [-0.39, 0.29) is 35.2 Å². The van der Waals surface area contributed by atoms with E-state index in [1.54, 1.807) is 12.1 Å². The molecule has 10 rings (SSSR count). The number of nitrogens with one attached hydrogen (secondary N) is 4. The van der Waals surface area contributed by atoms with Gasteiger partial charge in [-0.15, -0.1) is 0 Å². The van der Waals surface area contributed by atoms with Crippen LogP contribution in [0, 0.1) is 17.3 Å². The first-order valence-corrected chi connectivity index (χ1v) is 19.4.